The summed E-state index contributed by atoms with van der Waals surface area (Å²) in [5.74, 6) is 0. The van der Waals surface area contributed by atoms with Crippen LogP contribution in [0, 0.1) is 0 Å². The van der Waals surface area contributed by atoms with E-state index in [0.717, 1.165) is 26.2 Å². The van der Waals surface area contributed by atoms with Gasteiger partial charge in [-0.25, -0.2) is 0 Å². The van der Waals surface area contributed by atoms with Crippen LogP contribution >= 0.6 is 0 Å². The van der Waals surface area contributed by atoms with Gasteiger partial charge in [0.15, 0.2) is 0 Å². The molecule has 12 heavy (non-hydrogen) atoms. The van der Waals surface area contributed by atoms with Crippen molar-refractivity contribution < 1.29 is 10.2 Å². The third-order valence-electron chi connectivity index (χ3n) is 2.49. The molecule has 0 unspecified atom stereocenters. The third-order valence-corrected chi connectivity index (χ3v) is 2.49. The van der Waals surface area contributed by atoms with Crippen LogP contribution in [0.5, 0.6) is 0 Å². The number of piperazine rings is 1. The number of rotatable bonds is 3. The van der Waals surface area contributed by atoms with E-state index in [2.05, 4.69) is 9.80 Å². The van der Waals surface area contributed by atoms with E-state index < -0.39 is 0 Å². The van der Waals surface area contributed by atoms with Crippen molar-refractivity contribution in [1.29, 1.82) is 0 Å². The summed E-state index contributed by atoms with van der Waals surface area (Å²) >= 11 is 0. The zero-order chi connectivity index (χ0) is 8.97. The maximum absolute atomic E-state index is 9.02. The maximum Gasteiger partial charge on any atom is 0.0599 e. The van der Waals surface area contributed by atoms with Crippen LogP contribution in [0.2, 0.25) is 0 Å². The van der Waals surface area contributed by atoms with Crippen LogP contribution in [0.3, 0.4) is 0 Å². The van der Waals surface area contributed by atoms with Crippen LogP contribution in [0.15, 0.2) is 0 Å². The Morgan fingerprint density at radius 1 is 1.33 bits per heavy atom. The quantitative estimate of drug-likeness (QED) is 0.552. The lowest BCUT2D eigenvalue weighted by Crippen LogP contribution is -2.53. The summed E-state index contributed by atoms with van der Waals surface area (Å²) in [5, 5.41) is 17.7. The van der Waals surface area contributed by atoms with Crippen LogP contribution in [-0.2, 0) is 0 Å². The predicted molar refractivity (Wildman–Crippen MR) is 47.0 cm³/mol. The second-order valence-corrected chi connectivity index (χ2v) is 3.34. The second-order valence-electron chi connectivity index (χ2n) is 3.34. The van der Waals surface area contributed by atoms with E-state index in [1.165, 1.54) is 0 Å². The zero-order valence-corrected chi connectivity index (χ0v) is 7.61. The van der Waals surface area contributed by atoms with Gasteiger partial charge < -0.3 is 10.2 Å². The summed E-state index contributed by atoms with van der Waals surface area (Å²) in [7, 11) is 2.02. The minimum atomic E-state index is 0.207. The molecule has 0 saturated carbocycles. The lowest BCUT2D eigenvalue weighted by molar-refractivity contribution is 0.0493. The molecule has 1 atom stereocenters. The highest BCUT2D eigenvalue weighted by Gasteiger charge is 2.22. The summed E-state index contributed by atoms with van der Waals surface area (Å²) in [4.78, 5) is 4.34. The molecule has 0 aromatic rings. The summed E-state index contributed by atoms with van der Waals surface area (Å²) in [6.45, 7) is 3.98. The van der Waals surface area contributed by atoms with E-state index in [0.29, 0.717) is 0 Å². The number of β-amino-alcohol motifs (C(OH)–C–C–N with tert-alkyl or cyclic N) is 1. The average Bonchev–Trinajstić information content (AvgIpc) is 2.09. The van der Waals surface area contributed by atoms with E-state index in [-0.39, 0.29) is 19.3 Å². The number of nitrogens with zero attached hydrogens (tertiary/aromatic N) is 2. The van der Waals surface area contributed by atoms with Crippen molar-refractivity contribution in [3.8, 4) is 0 Å². The molecule has 0 spiro atoms. The highest BCUT2D eigenvalue weighted by molar-refractivity contribution is 4.78. The van der Waals surface area contributed by atoms with Crippen LogP contribution in [0.4, 0.5) is 0 Å². The van der Waals surface area contributed by atoms with Gasteiger partial charge in [-0.1, -0.05) is 0 Å². The number of aliphatic hydroxyl groups excluding tert-OH is 2. The van der Waals surface area contributed by atoms with Gasteiger partial charge in [0, 0.05) is 32.2 Å². The summed E-state index contributed by atoms with van der Waals surface area (Å²) in [6, 6.07) is 0.241. The lowest BCUT2D eigenvalue weighted by Gasteiger charge is -2.38. The number of hydrogen-bond acceptors (Lipinski definition) is 4. The normalized spacial score (nSPS) is 27.8. The zero-order valence-electron chi connectivity index (χ0n) is 7.61. The van der Waals surface area contributed by atoms with Crippen LogP contribution in [0.1, 0.15) is 0 Å². The van der Waals surface area contributed by atoms with E-state index in [1.807, 2.05) is 7.05 Å². The molecule has 0 amide bonds. The molecule has 1 rings (SSSR count). The Morgan fingerprint density at radius 3 is 2.67 bits per heavy atom. The second kappa shape index (κ2) is 4.77. The molecule has 0 bridgehead atoms. The minimum Gasteiger partial charge on any atom is -0.395 e. The fraction of sp³-hybridized carbons (Fsp3) is 1.00. The van der Waals surface area contributed by atoms with Crippen molar-refractivity contribution in [2.45, 2.75) is 6.04 Å². The topological polar surface area (TPSA) is 46.9 Å². The highest BCUT2D eigenvalue weighted by Crippen LogP contribution is 2.05. The lowest BCUT2D eigenvalue weighted by atomic mass is 10.2. The van der Waals surface area contributed by atoms with E-state index in [4.69, 9.17) is 10.2 Å². The Morgan fingerprint density at radius 2 is 2.08 bits per heavy atom. The SMILES string of the molecule is CN1CCN(CCO)C[C@H]1CO. The smallest absolute Gasteiger partial charge is 0.0599 e. The molecule has 0 aliphatic carbocycles. The molecule has 0 aromatic heterocycles. The first-order chi connectivity index (χ1) is 5.77. The summed E-state index contributed by atoms with van der Waals surface area (Å²) in [6.07, 6.45) is 0. The van der Waals surface area contributed by atoms with E-state index >= 15 is 0 Å². The van der Waals surface area contributed by atoms with Crippen molar-refractivity contribution in [1.82, 2.24) is 9.80 Å². The molecule has 1 fully saturated rings. The van der Waals surface area contributed by atoms with Gasteiger partial charge in [-0.05, 0) is 7.05 Å². The fourth-order valence-corrected chi connectivity index (χ4v) is 1.55. The van der Waals surface area contributed by atoms with Gasteiger partial charge in [0.2, 0.25) is 0 Å². The maximum atomic E-state index is 9.02. The Bertz CT molecular complexity index is 132. The number of aliphatic hydroxyl groups is 2. The average molecular weight is 174 g/mol. The minimum absolute atomic E-state index is 0.207. The predicted octanol–water partition coefficient (Wildman–Crippen LogP) is -1.41. The van der Waals surface area contributed by atoms with Gasteiger partial charge in [-0.15, -0.1) is 0 Å². The molecule has 1 aliphatic heterocycles. The molecule has 0 aromatic carbocycles. The van der Waals surface area contributed by atoms with Gasteiger partial charge in [-0.3, -0.25) is 9.80 Å². The molecule has 1 aliphatic rings. The molecule has 0 radical (unpaired) electrons. The number of hydrogen-bond donors (Lipinski definition) is 2. The summed E-state index contributed by atoms with van der Waals surface area (Å²) in [5.41, 5.74) is 0. The van der Waals surface area contributed by atoms with Crippen molar-refractivity contribution >= 4 is 0 Å². The fourth-order valence-electron chi connectivity index (χ4n) is 1.55. The summed E-state index contributed by atoms with van der Waals surface area (Å²) < 4.78 is 0. The first-order valence-corrected chi connectivity index (χ1v) is 4.42. The van der Waals surface area contributed by atoms with Crippen LogP contribution in [0.25, 0.3) is 0 Å². The molecular weight excluding hydrogens is 156 g/mol. The van der Waals surface area contributed by atoms with E-state index in [1.54, 1.807) is 0 Å². The van der Waals surface area contributed by atoms with Gasteiger partial charge in [0.05, 0.1) is 13.2 Å². The third kappa shape index (κ3) is 2.42. The van der Waals surface area contributed by atoms with Gasteiger partial charge in [0.1, 0.15) is 0 Å². The first kappa shape index (κ1) is 9.92. The molecular formula is C8H18N2O2. The van der Waals surface area contributed by atoms with Crippen LogP contribution in [-0.4, -0.2) is 72.5 Å². The highest BCUT2D eigenvalue weighted by atomic mass is 16.3. The first-order valence-electron chi connectivity index (χ1n) is 4.42. The van der Waals surface area contributed by atoms with E-state index in [9.17, 15) is 0 Å². The van der Waals surface area contributed by atoms with Crippen molar-refractivity contribution in [2.24, 2.45) is 0 Å². The Balaban J connectivity index is 2.33. The van der Waals surface area contributed by atoms with Crippen molar-refractivity contribution in [2.75, 3.05) is 46.4 Å². The Labute approximate surface area is 73.4 Å². The molecule has 2 N–H and O–H groups in total. The Hall–Kier alpha value is -0.160. The molecule has 1 heterocycles. The van der Waals surface area contributed by atoms with Gasteiger partial charge >= 0.3 is 0 Å². The standard InChI is InChI=1S/C8H18N2O2/c1-9-2-3-10(4-5-11)6-8(9)7-12/h8,11-12H,2-7H2,1H3/t8-/m0/s1. The Kier molecular flexibility index (Phi) is 3.94. The largest absolute Gasteiger partial charge is 0.395 e. The van der Waals surface area contributed by atoms with Gasteiger partial charge in [-0.2, -0.15) is 0 Å². The number of likely N-dealkylation sites (N-methyl/N-ethyl adjacent to an activating group) is 1. The molecule has 72 valence electrons. The van der Waals surface area contributed by atoms with Crippen molar-refractivity contribution in [3.63, 3.8) is 0 Å². The molecule has 1 saturated heterocycles. The van der Waals surface area contributed by atoms with Gasteiger partial charge in [0.25, 0.3) is 0 Å². The van der Waals surface area contributed by atoms with Crippen molar-refractivity contribution in [3.05, 3.63) is 0 Å². The molecule has 4 heteroatoms. The van der Waals surface area contributed by atoms with Crippen LogP contribution < -0.4 is 0 Å². The monoisotopic (exact) mass is 174 g/mol. The molecule has 4 nitrogen and oxygen atoms in total.